The third kappa shape index (κ3) is 2.21. The molecule has 0 amide bonds. The number of aliphatic hydroxyl groups excluding tert-OH is 1. The molecule has 0 bridgehead atoms. The summed E-state index contributed by atoms with van der Waals surface area (Å²) in [6.45, 7) is 4.73. The molecule has 2 heteroatoms. The van der Waals surface area contributed by atoms with Gasteiger partial charge in [0.1, 0.15) is 5.75 Å². The molecule has 1 unspecified atom stereocenters. The zero-order chi connectivity index (χ0) is 10.8. The van der Waals surface area contributed by atoms with Crippen molar-refractivity contribution in [1.29, 1.82) is 0 Å². The van der Waals surface area contributed by atoms with Crippen molar-refractivity contribution in [3.63, 3.8) is 0 Å². The molecule has 15 heavy (non-hydrogen) atoms. The molecule has 0 saturated heterocycles. The maximum atomic E-state index is 9.90. The maximum Gasteiger partial charge on any atom is 0.122 e. The van der Waals surface area contributed by atoms with Crippen LogP contribution in [0, 0.1) is 0 Å². The number of aliphatic hydroxyl groups is 1. The molecule has 0 aliphatic carbocycles. The maximum absolute atomic E-state index is 9.90. The molecule has 1 aliphatic heterocycles. The third-order valence-electron chi connectivity index (χ3n) is 2.55. The summed E-state index contributed by atoms with van der Waals surface area (Å²) in [6.07, 6.45) is 2.31. The van der Waals surface area contributed by atoms with Crippen molar-refractivity contribution in [2.45, 2.75) is 26.4 Å². The van der Waals surface area contributed by atoms with Gasteiger partial charge in [0.15, 0.2) is 0 Å². The minimum atomic E-state index is -0.499. The van der Waals surface area contributed by atoms with E-state index in [9.17, 15) is 5.11 Å². The van der Waals surface area contributed by atoms with E-state index in [1.54, 1.807) is 0 Å². The number of allylic oxidation sites excluding steroid dienone is 1. The van der Waals surface area contributed by atoms with E-state index < -0.39 is 6.10 Å². The summed E-state index contributed by atoms with van der Waals surface area (Å²) in [5, 5.41) is 9.90. The van der Waals surface area contributed by atoms with Gasteiger partial charge in [-0.2, -0.15) is 0 Å². The van der Waals surface area contributed by atoms with Crippen molar-refractivity contribution in [2.75, 3.05) is 6.61 Å². The highest BCUT2D eigenvalue weighted by Crippen LogP contribution is 2.28. The lowest BCUT2D eigenvalue weighted by Crippen LogP contribution is -1.94. The van der Waals surface area contributed by atoms with Crippen LogP contribution in [0.2, 0.25) is 0 Å². The van der Waals surface area contributed by atoms with E-state index in [1.807, 2.05) is 38.1 Å². The van der Waals surface area contributed by atoms with Gasteiger partial charge in [-0.05, 0) is 37.1 Å². The summed E-state index contributed by atoms with van der Waals surface area (Å²) < 4.78 is 5.42. The standard InChI is InChI=1S/C13H16O2/c1-9(2)7-12(14)10-3-4-13-11(8-10)5-6-15-13/h3-4,7-8,12,14H,5-6H2,1-2H3. The molecule has 0 aromatic heterocycles. The monoisotopic (exact) mass is 204 g/mol. The second-order valence-electron chi connectivity index (χ2n) is 4.15. The van der Waals surface area contributed by atoms with Crippen molar-refractivity contribution in [3.05, 3.63) is 41.0 Å². The first-order chi connectivity index (χ1) is 7.16. The predicted octanol–water partition coefficient (Wildman–Crippen LogP) is 2.62. The van der Waals surface area contributed by atoms with Crippen molar-refractivity contribution >= 4 is 0 Å². The molecule has 1 atom stereocenters. The van der Waals surface area contributed by atoms with Crippen LogP contribution < -0.4 is 4.74 Å². The van der Waals surface area contributed by atoms with Crippen LogP contribution in [-0.4, -0.2) is 11.7 Å². The zero-order valence-corrected chi connectivity index (χ0v) is 9.16. The van der Waals surface area contributed by atoms with Crippen molar-refractivity contribution in [2.24, 2.45) is 0 Å². The fourth-order valence-corrected chi connectivity index (χ4v) is 1.80. The number of hydrogen-bond acceptors (Lipinski definition) is 2. The van der Waals surface area contributed by atoms with Crippen LogP contribution in [-0.2, 0) is 6.42 Å². The quantitative estimate of drug-likeness (QED) is 0.750. The van der Waals surface area contributed by atoms with Crippen LogP contribution in [0.4, 0.5) is 0 Å². The van der Waals surface area contributed by atoms with Gasteiger partial charge in [0.25, 0.3) is 0 Å². The van der Waals surface area contributed by atoms with Gasteiger partial charge in [-0.1, -0.05) is 17.7 Å². The number of hydrogen-bond donors (Lipinski definition) is 1. The number of ether oxygens (including phenoxy) is 1. The van der Waals surface area contributed by atoms with E-state index >= 15 is 0 Å². The lowest BCUT2D eigenvalue weighted by Gasteiger charge is -2.08. The van der Waals surface area contributed by atoms with Crippen molar-refractivity contribution < 1.29 is 9.84 Å². The Morgan fingerprint density at radius 3 is 3.00 bits per heavy atom. The molecular formula is C13H16O2. The number of rotatable bonds is 2. The summed E-state index contributed by atoms with van der Waals surface area (Å²) in [4.78, 5) is 0. The average Bonchev–Trinajstić information content (AvgIpc) is 2.62. The van der Waals surface area contributed by atoms with Crippen molar-refractivity contribution in [3.8, 4) is 5.75 Å². The number of benzene rings is 1. The Kier molecular flexibility index (Phi) is 2.78. The Bertz CT molecular complexity index is 390. The van der Waals surface area contributed by atoms with Gasteiger partial charge >= 0.3 is 0 Å². The van der Waals surface area contributed by atoms with Gasteiger partial charge in [0.2, 0.25) is 0 Å². The Morgan fingerprint density at radius 2 is 2.27 bits per heavy atom. The van der Waals surface area contributed by atoms with E-state index in [2.05, 4.69) is 0 Å². The smallest absolute Gasteiger partial charge is 0.122 e. The molecule has 0 saturated carbocycles. The molecule has 0 fully saturated rings. The van der Waals surface area contributed by atoms with Gasteiger partial charge in [-0.15, -0.1) is 0 Å². The first-order valence-corrected chi connectivity index (χ1v) is 5.25. The molecule has 1 heterocycles. The minimum Gasteiger partial charge on any atom is -0.493 e. The SMILES string of the molecule is CC(C)=CC(O)c1ccc2c(c1)CCO2. The Balaban J connectivity index is 2.26. The predicted molar refractivity (Wildman–Crippen MR) is 60.0 cm³/mol. The molecule has 1 aromatic rings. The van der Waals surface area contributed by atoms with Gasteiger partial charge in [0.05, 0.1) is 12.7 Å². The van der Waals surface area contributed by atoms with E-state index in [0.717, 1.165) is 29.9 Å². The largest absolute Gasteiger partial charge is 0.493 e. The summed E-state index contributed by atoms with van der Waals surface area (Å²) >= 11 is 0. The lowest BCUT2D eigenvalue weighted by molar-refractivity contribution is 0.227. The van der Waals surface area contributed by atoms with Crippen molar-refractivity contribution in [1.82, 2.24) is 0 Å². The normalized spacial score (nSPS) is 15.4. The van der Waals surface area contributed by atoms with E-state index in [4.69, 9.17) is 4.74 Å². The molecule has 0 radical (unpaired) electrons. The second-order valence-corrected chi connectivity index (χ2v) is 4.15. The molecule has 80 valence electrons. The van der Waals surface area contributed by atoms with E-state index in [0.29, 0.717) is 0 Å². The molecule has 2 rings (SSSR count). The zero-order valence-electron chi connectivity index (χ0n) is 9.16. The summed E-state index contributed by atoms with van der Waals surface area (Å²) in [5.74, 6) is 0.961. The minimum absolute atomic E-state index is 0.499. The van der Waals surface area contributed by atoms with Crippen LogP contribution in [0.25, 0.3) is 0 Å². The molecular weight excluding hydrogens is 188 g/mol. The second kappa shape index (κ2) is 4.07. The highest BCUT2D eigenvalue weighted by Gasteiger charge is 2.14. The first-order valence-electron chi connectivity index (χ1n) is 5.25. The summed E-state index contributed by atoms with van der Waals surface area (Å²) in [5.41, 5.74) is 3.27. The van der Waals surface area contributed by atoms with Crippen LogP contribution >= 0.6 is 0 Å². The highest BCUT2D eigenvalue weighted by atomic mass is 16.5. The Labute approximate surface area is 90.2 Å². The average molecular weight is 204 g/mol. The van der Waals surface area contributed by atoms with Gasteiger partial charge in [-0.25, -0.2) is 0 Å². The third-order valence-corrected chi connectivity index (χ3v) is 2.55. The van der Waals surface area contributed by atoms with Gasteiger partial charge < -0.3 is 9.84 Å². The summed E-state index contributed by atoms with van der Waals surface area (Å²) in [6, 6.07) is 5.90. The molecule has 0 spiro atoms. The van der Waals surface area contributed by atoms with Crippen LogP contribution in [0.1, 0.15) is 31.1 Å². The fraction of sp³-hybridized carbons (Fsp3) is 0.385. The molecule has 2 nitrogen and oxygen atoms in total. The molecule has 1 aliphatic rings. The molecule has 1 N–H and O–H groups in total. The Morgan fingerprint density at radius 1 is 1.47 bits per heavy atom. The van der Waals surface area contributed by atoms with Crippen LogP contribution in [0.3, 0.4) is 0 Å². The van der Waals surface area contributed by atoms with Crippen LogP contribution in [0.15, 0.2) is 29.8 Å². The number of fused-ring (bicyclic) bond motifs is 1. The van der Waals surface area contributed by atoms with E-state index in [-0.39, 0.29) is 0 Å². The fourth-order valence-electron chi connectivity index (χ4n) is 1.80. The Hall–Kier alpha value is -1.28. The van der Waals surface area contributed by atoms with Gasteiger partial charge in [0, 0.05) is 6.42 Å². The highest BCUT2D eigenvalue weighted by molar-refractivity contribution is 5.41. The van der Waals surface area contributed by atoms with Gasteiger partial charge in [-0.3, -0.25) is 0 Å². The van der Waals surface area contributed by atoms with E-state index in [1.165, 1.54) is 5.56 Å². The lowest BCUT2D eigenvalue weighted by atomic mass is 10.0. The first kappa shape index (κ1) is 10.2. The van der Waals surface area contributed by atoms with Crippen LogP contribution in [0.5, 0.6) is 5.75 Å². The molecule has 1 aromatic carbocycles. The summed E-state index contributed by atoms with van der Waals surface area (Å²) in [7, 11) is 0. The topological polar surface area (TPSA) is 29.5 Å².